The van der Waals surface area contributed by atoms with Crippen molar-refractivity contribution in [2.75, 3.05) is 11.5 Å². The van der Waals surface area contributed by atoms with Gasteiger partial charge < -0.3 is 15.5 Å². The molecule has 5 nitrogen and oxygen atoms in total. The number of hydrogen-bond donors (Lipinski definition) is 3. The molecular weight excluding hydrogens is 206 g/mol. The van der Waals surface area contributed by atoms with Crippen LogP contribution in [0.25, 0.3) is 0 Å². The number of aliphatic carboxylic acids is 1. The standard InChI is InChI=1S/C8H15NO4S/c1-8(2,13)4-14-3-6(7(11)12)9-5-10/h5-6,13H,3-4H2,1-2H3,(H,9,10)(H,11,12). The maximum atomic E-state index is 10.5. The van der Waals surface area contributed by atoms with Crippen molar-refractivity contribution in [2.45, 2.75) is 25.5 Å². The summed E-state index contributed by atoms with van der Waals surface area (Å²) in [5, 5.41) is 20.2. The van der Waals surface area contributed by atoms with Crippen molar-refractivity contribution in [1.29, 1.82) is 0 Å². The van der Waals surface area contributed by atoms with E-state index < -0.39 is 17.6 Å². The summed E-state index contributed by atoms with van der Waals surface area (Å²) in [6.07, 6.45) is 0.365. The number of thioether (sulfide) groups is 1. The summed E-state index contributed by atoms with van der Waals surface area (Å²) in [4.78, 5) is 20.6. The van der Waals surface area contributed by atoms with Crippen LogP contribution in [0.2, 0.25) is 0 Å². The van der Waals surface area contributed by atoms with Crippen molar-refractivity contribution >= 4 is 24.1 Å². The van der Waals surface area contributed by atoms with E-state index in [1.54, 1.807) is 13.8 Å². The highest BCUT2D eigenvalue weighted by Gasteiger charge is 2.18. The molecule has 0 rings (SSSR count). The lowest BCUT2D eigenvalue weighted by molar-refractivity contribution is -0.139. The number of hydrogen-bond acceptors (Lipinski definition) is 4. The van der Waals surface area contributed by atoms with Crippen LogP contribution in [-0.4, -0.2) is 45.7 Å². The van der Waals surface area contributed by atoms with Crippen LogP contribution in [0.5, 0.6) is 0 Å². The van der Waals surface area contributed by atoms with Crippen LogP contribution in [0.3, 0.4) is 0 Å². The zero-order chi connectivity index (χ0) is 11.2. The molecule has 0 fully saturated rings. The van der Waals surface area contributed by atoms with E-state index in [0.29, 0.717) is 12.2 Å². The smallest absolute Gasteiger partial charge is 0.327 e. The fourth-order valence-electron chi connectivity index (χ4n) is 0.699. The van der Waals surface area contributed by atoms with Gasteiger partial charge in [-0.25, -0.2) is 4.79 Å². The molecule has 1 amide bonds. The Morgan fingerprint density at radius 1 is 1.64 bits per heavy atom. The number of rotatable bonds is 7. The van der Waals surface area contributed by atoms with E-state index in [4.69, 9.17) is 5.11 Å². The monoisotopic (exact) mass is 221 g/mol. The molecule has 0 aliphatic heterocycles. The molecule has 0 spiro atoms. The number of amides is 1. The number of nitrogens with one attached hydrogen (secondary N) is 1. The first-order valence-corrected chi connectivity index (χ1v) is 5.25. The highest BCUT2D eigenvalue weighted by Crippen LogP contribution is 2.12. The Labute approximate surface area is 86.9 Å². The molecule has 0 aromatic heterocycles. The minimum absolute atomic E-state index is 0.248. The Bertz CT molecular complexity index is 202. The van der Waals surface area contributed by atoms with Crippen molar-refractivity contribution in [3.8, 4) is 0 Å². The van der Waals surface area contributed by atoms with Gasteiger partial charge in [0.25, 0.3) is 0 Å². The van der Waals surface area contributed by atoms with Gasteiger partial charge in [0.2, 0.25) is 6.41 Å². The van der Waals surface area contributed by atoms with Crippen molar-refractivity contribution in [3.05, 3.63) is 0 Å². The zero-order valence-electron chi connectivity index (χ0n) is 8.19. The molecule has 0 aromatic carbocycles. The average molecular weight is 221 g/mol. The number of carbonyl (C=O) groups is 2. The summed E-state index contributed by atoms with van der Waals surface area (Å²) in [5.74, 6) is -0.393. The lowest BCUT2D eigenvalue weighted by atomic mass is 10.2. The van der Waals surface area contributed by atoms with E-state index >= 15 is 0 Å². The van der Waals surface area contributed by atoms with E-state index in [0.717, 1.165) is 0 Å². The minimum atomic E-state index is -1.07. The van der Waals surface area contributed by atoms with Gasteiger partial charge >= 0.3 is 5.97 Å². The van der Waals surface area contributed by atoms with Gasteiger partial charge in [0, 0.05) is 11.5 Å². The van der Waals surface area contributed by atoms with Gasteiger partial charge in [-0.2, -0.15) is 11.8 Å². The summed E-state index contributed by atoms with van der Waals surface area (Å²) < 4.78 is 0. The van der Waals surface area contributed by atoms with E-state index in [1.165, 1.54) is 11.8 Å². The molecular formula is C8H15NO4S. The fourth-order valence-corrected chi connectivity index (χ4v) is 1.79. The molecule has 0 heterocycles. The van der Waals surface area contributed by atoms with Gasteiger partial charge in [-0.15, -0.1) is 0 Å². The molecule has 1 atom stereocenters. The summed E-state index contributed by atoms with van der Waals surface area (Å²) in [5.41, 5.74) is -0.825. The molecule has 0 aromatic rings. The molecule has 0 bridgehead atoms. The molecule has 14 heavy (non-hydrogen) atoms. The number of aliphatic hydroxyl groups is 1. The van der Waals surface area contributed by atoms with E-state index in [1.807, 2.05) is 0 Å². The predicted molar refractivity (Wildman–Crippen MR) is 54.2 cm³/mol. The van der Waals surface area contributed by atoms with Gasteiger partial charge in [-0.3, -0.25) is 4.79 Å². The lowest BCUT2D eigenvalue weighted by Gasteiger charge is -2.17. The Hall–Kier alpha value is -0.750. The number of carboxylic acid groups (broad SMARTS) is 1. The minimum Gasteiger partial charge on any atom is -0.480 e. The molecule has 0 aliphatic rings. The molecule has 0 radical (unpaired) electrons. The van der Waals surface area contributed by atoms with Crippen LogP contribution in [0.15, 0.2) is 0 Å². The zero-order valence-corrected chi connectivity index (χ0v) is 9.00. The summed E-state index contributed by atoms with van der Waals surface area (Å²) in [6, 6.07) is -0.889. The average Bonchev–Trinajstić information content (AvgIpc) is 2.00. The first-order valence-electron chi connectivity index (χ1n) is 4.09. The molecule has 0 saturated heterocycles. The van der Waals surface area contributed by atoms with Gasteiger partial charge in [0.1, 0.15) is 6.04 Å². The molecule has 82 valence electrons. The molecule has 1 unspecified atom stereocenters. The third-order valence-corrected chi connectivity index (χ3v) is 2.79. The molecule has 0 aliphatic carbocycles. The maximum Gasteiger partial charge on any atom is 0.327 e. The van der Waals surface area contributed by atoms with Crippen LogP contribution >= 0.6 is 11.8 Å². The summed E-state index contributed by atoms with van der Waals surface area (Å²) in [6.45, 7) is 3.28. The Morgan fingerprint density at radius 3 is 2.57 bits per heavy atom. The highest BCUT2D eigenvalue weighted by atomic mass is 32.2. The third-order valence-electron chi connectivity index (χ3n) is 1.31. The van der Waals surface area contributed by atoms with Crippen molar-refractivity contribution in [2.24, 2.45) is 0 Å². The van der Waals surface area contributed by atoms with Crippen LogP contribution in [-0.2, 0) is 9.59 Å². The summed E-state index contributed by atoms with van der Waals surface area (Å²) in [7, 11) is 0. The molecule has 6 heteroatoms. The second-order valence-electron chi connectivity index (χ2n) is 3.50. The second-order valence-corrected chi connectivity index (χ2v) is 4.53. The summed E-state index contributed by atoms with van der Waals surface area (Å²) >= 11 is 1.28. The van der Waals surface area contributed by atoms with Crippen LogP contribution < -0.4 is 5.32 Å². The number of carboxylic acids is 1. The van der Waals surface area contributed by atoms with E-state index in [-0.39, 0.29) is 5.75 Å². The first-order chi connectivity index (χ1) is 6.37. The van der Waals surface area contributed by atoms with Crippen LogP contribution in [0.4, 0.5) is 0 Å². The molecule has 0 saturated carbocycles. The highest BCUT2D eigenvalue weighted by molar-refractivity contribution is 7.99. The largest absolute Gasteiger partial charge is 0.480 e. The van der Waals surface area contributed by atoms with Crippen molar-refractivity contribution < 1.29 is 19.8 Å². The van der Waals surface area contributed by atoms with Crippen LogP contribution in [0.1, 0.15) is 13.8 Å². The quantitative estimate of drug-likeness (QED) is 0.513. The van der Waals surface area contributed by atoms with Gasteiger partial charge in [-0.1, -0.05) is 0 Å². The normalized spacial score (nSPS) is 13.4. The van der Waals surface area contributed by atoms with E-state index in [2.05, 4.69) is 5.32 Å². The topological polar surface area (TPSA) is 86.6 Å². The second kappa shape index (κ2) is 5.87. The van der Waals surface area contributed by atoms with Crippen molar-refractivity contribution in [1.82, 2.24) is 5.32 Å². The Morgan fingerprint density at radius 2 is 2.21 bits per heavy atom. The third kappa shape index (κ3) is 6.73. The van der Waals surface area contributed by atoms with Crippen molar-refractivity contribution in [3.63, 3.8) is 0 Å². The Kier molecular flexibility index (Phi) is 5.56. The van der Waals surface area contributed by atoms with Crippen LogP contribution in [0, 0.1) is 0 Å². The van der Waals surface area contributed by atoms with Gasteiger partial charge in [-0.05, 0) is 13.8 Å². The van der Waals surface area contributed by atoms with E-state index in [9.17, 15) is 14.7 Å². The SMILES string of the molecule is CC(C)(O)CSCC(NC=O)C(=O)O. The maximum absolute atomic E-state index is 10.5. The molecule has 3 N–H and O–H groups in total. The lowest BCUT2D eigenvalue weighted by Crippen LogP contribution is -2.38. The Balaban J connectivity index is 3.83. The predicted octanol–water partition coefficient (Wildman–Crippen LogP) is -0.310. The van der Waals surface area contributed by atoms with Gasteiger partial charge in [0.05, 0.1) is 5.60 Å². The van der Waals surface area contributed by atoms with Gasteiger partial charge in [0.15, 0.2) is 0 Å². The first kappa shape index (κ1) is 13.2. The number of carbonyl (C=O) groups excluding carboxylic acids is 1. The fraction of sp³-hybridized carbons (Fsp3) is 0.750.